The highest BCUT2D eigenvalue weighted by atomic mass is 32.1. The van der Waals surface area contributed by atoms with Crippen molar-refractivity contribution in [2.45, 2.75) is 0 Å². The number of hydrogen-bond acceptors (Lipinski definition) is 4. The molecule has 1 radical (unpaired) electrons. The van der Waals surface area contributed by atoms with Gasteiger partial charge in [0, 0.05) is 10.1 Å². The zero-order valence-electron chi connectivity index (χ0n) is 7.40. The van der Waals surface area contributed by atoms with E-state index in [1.54, 1.807) is 12.1 Å². The first-order valence-corrected chi connectivity index (χ1v) is 4.81. The summed E-state index contributed by atoms with van der Waals surface area (Å²) >= 11 is 1.28. The summed E-state index contributed by atoms with van der Waals surface area (Å²) in [5, 5.41) is 30.0. The van der Waals surface area contributed by atoms with Gasteiger partial charge >= 0.3 is 0 Å². The van der Waals surface area contributed by atoms with Gasteiger partial charge in [0.05, 0.1) is 22.1 Å². The molecule has 0 amide bonds. The van der Waals surface area contributed by atoms with Crippen LogP contribution in [0.2, 0.25) is 0 Å². The summed E-state index contributed by atoms with van der Waals surface area (Å²) in [5.74, 6) is 0. The zero-order valence-corrected chi connectivity index (χ0v) is 8.22. The van der Waals surface area contributed by atoms with Crippen LogP contribution in [0, 0.1) is 39.4 Å². The molecule has 0 N–H and O–H groups in total. The molecule has 15 heavy (non-hydrogen) atoms. The van der Waals surface area contributed by atoms with Gasteiger partial charge in [-0.1, -0.05) is 0 Å². The topological polar surface area (TPSA) is 71.4 Å². The molecule has 0 saturated heterocycles. The molecule has 1 aromatic carbocycles. The van der Waals surface area contributed by atoms with Gasteiger partial charge in [0.25, 0.3) is 0 Å². The van der Waals surface area contributed by atoms with Gasteiger partial charge in [-0.15, -0.1) is 11.3 Å². The number of nitriles is 3. The maximum Gasteiger partial charge on any atom is 0.101 e. The molecular formula is C11H2N3S. The van der Waals surface area contributed by atoms with Crippen molar-refractivity contribution >= 4 is 21.4 Å². The Bertz CT molecular complexity index is 662. The van der Waals surface area contributed by atoms with Crippen molar-refractivity contribution in [2.24, 2.45) is 0 Å². The summed E-state index contributed by atoms with van der Waals surface area (Å²) < 4.78 is 0.808. The fraction of sp³-hybridized carbons (Fsp3) is 0. The van der Waals surface area contributed by atoms with Crippen LogP contribution in [0.1, 0.15) is 16.7 Å². The lowest BCUT2D eigenvalue weighted by Crippen LogP contribution is -1.85. The second-order valence-corrected chi connectivity index (χ2v) is 3.62. The number of fused-ring (bicyclic) bond motifs is 1. The minimum Gasteiger partial charge on any atom is -0.192 e. The zero-order chi connectivity index (χ0) is 10.8. The molecule has 2 aromatic rings. The molecule has 4 heteroatoms. The second-order valence-electron chi connectivity index (χ2n) is 2.78. The van der Waals surface area contributed by atoms with Crippen LogP contribution in [0.15, 0.2) is 12.1 Å². The van der Waals surface area contributed by atoms with Gasteiger partial charge in [0.15, 0.2) is 0 Å². The van der Waals surface area contributed by atoms with E-state index in [0.717, 1.165) is 4.70 Å². The molecule has 0 atom stereocenters. The molecule has 0 bridgehead atoms. The number of benzene rings is 1. The maximum atomic E-state index is 8.97. The van der Waals surface area contributed by atoms with Gasteiger partial charge in [-0.3, -0.25) is 0 Å². The second kappa shape index (κ2) is 3.42. The lowest BCUT2D eigenvalue weighted by atomic mass is 10.0. The predicted octanol–water partition coefficient (Wildman–Crippen LogP) is 2.32. The summed E-state index contributed by atoms with van der Waals surface area (Å²) in [6.45, 7) is 0. The van der Waals surface area contributed by atoms with E-state index in [1.165, 1.54) is 11.3 Å². The van der Waals surface area contributed by atoms with Crippen molar-refractivity contribution in [3.8, 4) is 18.2 Å². The maximum absolute atomic E-state index is 8.97. The molecule has 0 fully saturated rings. The van der Waals surface area contributed by atoms with E-state index in [9.17, 15) is 0 Å². The molecule has 1 aromatic heterocycles. The van der Waals surface area contributed by atoms with Crippen molar-refractivity contribution in [3.63, 3.8) is 0 Å². The average Bonchev–Trinajstić information content (AvgIpc) is 2.70. The summed E-state index contributed by atoms with van der Waals surface area (Å²) in [6.07, 6.45) is 0. The fourth-order valence-corrected chi connectivity index (χ4v) is 2.16. The summed E-state index contributed by atoms with van der Waals surface area (Å²) in [5.41, 5.74) is 0.904. The Morgan fingerprint density at radius 2 is 1.87 bits per heavy atom. The SMILES string of the molecule is N#Cc1ccc2s[c]c(C#N)c2c1C#N. The molecule has 2 rings (SSSR count). The van der Waals surface area contributed by atoms with Crippen LogP contribution >= 0.6 is 11.3 Å². The molecule has 67 valence electrons. The van der Waals surface area contributed by atoms with Crippen LogP contribution in [-0.2, 0) is 0 Å². The summed E-state index contributed by atoms with van der Waals surface area (Å²) in [4.78, 5) is 0. The van der Waals surface area contributed by atoms with Crippen LogP contribution in [0.3, 0.4) is 0 Å². The van der Waals surface area contributed by atoms with E-state index in [0.29, 0.717) is 16.5 Å². The van der Waals surface area contributed by atoms with Crippen molar-refractivity contribution in [2.75, 3.05) is 0 Å². The molecule has 0 aliphatic carbocycles. The molecule has 0 saturated carbocycles. The van der Waals surface area contributed by atoms with Crippen LogP contribution in [0.4, 0.5) is 0 Å². The monoisotopic (exact) mass is 208 g/mol. The quantitative estimate of drug-likeness (QED) is 0.666. The Balaban J connectivity index is 3.01. The van der Waals surface area contributed by atoms with Crippen molar-refractivity contribution in [1.29, 1.82) is 15.8 Å². The van der Waals surface area contributed by atoms with Crippen LogP contribution in [-0.4, -0.2) is 0 Å². The standard InChI is InChI=1S/C11H2N3S/c12-3-7-1-2-10-11(9(7)5-14)8(4-13)6-15-10/h1-2H. The third-order valence-electron chi connectivity index (χ3n) is 2.02. The smallest absolute Gasteiger partial charge is 0.101 e. The summed E-state index contributed by atoms with van der Waals surface area (Å²) in [7, 11) is 0. The van der Waals surface area contributed by atoms with Gasteiger partial charge < -0.3 is 0 Å². The Kier molecular flexibility index (Phi) is 2.10. The van der Waals surface area contributed by atoms with E-state index < -0.39 is 0 Å². The molecule has 0 aliphatic heterocycles. The highest BCUT2D eigenvalue weighted by Gasteiger charge is 2.12. The van der Waals surface area contributed by atoms with Crippen LogP contribution in [0.5, 0.6) is 0 Å². The Morgan fingerprint density at radius 1 is 1.07 bits per heavy atom. The van der Waals surface area contributed by atoms with Gasteiger partial charge in [0.1, 0.15) is 18.2 Å². The lowest BCUT2D eigenvalue weighted by Gasteiger charge is -1.96. The molecule has 0 spiro atoms. The predicted molar refractivity (Wildman–Crippen MR) is 54.8 cm³/mol. The van der Waals surface area contributed by atoms with E-state index in [2.05, 4.69) is 5.38 Å². The average molecular weight is 208 g/mol. The number of rotatable bonds is 0. The number of hydrogen-bond donors (Lipinski definition) is 0. The van der Waals surface area contributed by atoms with E-state index in [4.69, 9.17) is 15.8 Å². The largest absolute Gasteiger partial charge is 0.192 e. The van der Waals surface area contributed by atoms with Crippen LogP contribution < -0.4 is 0 Å². The number of nitrogens with zero attached hydrogens (tertiary/aromatic N) is 3. The molecular weight excluding hydrogens is 206 g/mol. The number of thiophene rings is 1. The minimum atomic E-state index is 0.268. The van der Waals surface area contributed by atoms with Gasteiger partial charge in [0.2, 0.25) is 0 Å². The third-order valence-corrected chi connectivity index (χ3v) is 2.89. The molecule has 0 unspecified atom stereocenters. The first-order chi connectivity index (χ1) is 7.31. The molecule has 0 aliphatic rings. The van der Waals surface area contributed by atoms with E-state index in [-0.39, 0.29) is 5.56 Å². The first kappa shape index (κ1) is 9.21. The highest BCUT2D eigenvalue weighted by molar-refractivity contribution is 7.17. The third kappa shape index (κ3) is 1.23. The fourth-order valence-electron chi connectivity index (χ4n) is 1.36. The Labute approximate surface area is 90.0 Å². The Hall–Kier alpha value is -2.35. The Morgan fingerprint density at radius 3 is 2.47 bits per heavy atom. The van der Waals surface area contributed by atoms with Crippen molar-refractivity contribution < 1.29 is 0 Å². The summed E-state index contributed by atoms with van der Waals surface area (Å²) in [6, 6.07) is 9.19. The molecule has 1 heterocycles. The van der Waals surface area contributed by atoms with Crippen LogP contribution in [0.25, 0.3) is 10.1 Å². The minimum absolute atomic E-state index is 0.268. The van der Waals surface area contributed by atoms with Crippen molar-refractivity contribution in [1.82, 2.24) is 0 Å². The van der Waals surface area contributed by atoms with Gasteiger partial charge in [-0.05, 0) is 12.1 Å². The van der Waals surface area contributed by atoms with Gasteiger partial charge in [-0.25, -0.2) is 0 Å². The lowest BCUT2D eigenvalue weighted by molar-refractivity contribution is 1.45. The van der Waals surface area contributed by atoms with Gasteiger partial charge in [-0.2, -0.15) is 15.8 Å². The normalized spacial score (nSPS) is 9.13. The molecule has 3 nitrogen and oxygen atoms in total. The first-order valence-electron chi connectivity index (χ1n) is 3.99. The van der Waals surface area contributed by atoms with Crippen molar-refractivity contribution in [3.05, 3.63) is 34.2 Å². The highest BCUT2D eigenvalue weighted by Crippen LogP contribution is 2.29. The van der Waals surface area contributed by atoms with E-state index in [1.807, 2.05) is 18.2 Å². The van der Waals surface area contributed by atoms with E-state index >= 15 is 0 Å².